The van der Waals surface area contributed by atoms with E-state index < -0.39 is 0 Å². The second kappa shape index (κ2) is 10.4. The van der Waals surface area contributed by atoms with E-state index in [0.29, 0.717) is 30.1 Å². The van der Waals surface area contributed by atoms with Gasteiger partial charge in [0.1, 0.15) is 5.82 Å². The molecule has 1 unspecified atom stereocenters. The Morgan fingerprint density at radius 2 is 2.03 bits per heavy atom. The van der Waals surface area contributed by atoms with E-state index in [9.17, 15) is 4.79 Å². The van der Waals surface area contributed by atoms with Crippen LogP contribution in [0.4, 0.5) is 0 Å². The van der Waals surface area contributed by atoms with Crippen LogP contribution in [0.3, 0.4) is 0 Å². The highest BCUT2D eigenvalue weighted by Crippen LogP contribution is 2.18. The summed E-state index contributed by atoms with van der Waals surface area (Å²) >= 11 is 6.11. The molecule has 3 aromatic rings. The number of likely N-dealkylation sites (tertiary alicyclic amines) is 1. The number of halogens is 1. The second-order valence-electron chi connectivity index (χ2n) is 8.16. The van der Waals surface area contributed by atoms with E-state index in [1.165, 1.54) is 0 Å². The van der Waals surface area contributed by atoms with Gasteiger partial charge in [0.05, 0.1) is 17.7 Å². The van der Waals surface area contributed by atoms with E-state index in [-0.39, 0.29) is 11.9 Å². The van der Waals surface area contributed by atoms with E-state index in [2.05, 4.69) is 21.4 Å². The Morgan fingerprint density at radius 3 is 2.81 bits per heavy atom. The molecule has 1 aliphatic rings. The minimum Gasteiger partial charge on any atom is -0.345 e. The smallest absolute Gasteiger partial charge is 0.240 e. The Bertz CT molecular complexity index is 1100. The van der Waals surface area contributed by atoms with Crippen LogP contribution in [0.15, 0.2) is 54.7 Å². The van der Waals surface area contributed by atoms with Gasteiger partial charge in [0.15, 0.2) is 0 Å². The summed E-state index contributed by atoms with van der Waals surface area (Å²) in [5, 5.41) is 13.0. The van der Waals surface area contributed by atoms with Crippen molar-refractivity contribution in [3.8, 4) is 6.07 Å². The maximum Gasteiger partial charge on any atom is 0.240 e. The highest BCUT2D eigenvalue weighted by Gasteiger charge is 2.26. The van der Waals surface area contributed by atoms with Crippen molar-refractivity contribution in [2.45, 2.75) is 44.8 Å². The highest BCUT2D eigenvalue weighted by molar-refractivity contribution is 6.30. The number of aromatic nitrogens is 2. The molecular formula is C25H26ClN5O. The molecule has 7 heteroatoms. The van der Waals surface area contributed by atoms with Crippen molar-refractivity contribution in [2.24, 2.45) is 0 Å². The van der Waals surface area contributed by atoms with Crippen molar-refractivity contribution in [3.05, 3.63) is 88.0 Å². The minimum atomic E-state index is -0.207. The summed E-state index contributed by atoms with van der Waals surface area (Å²) in [4.78, 5) is 22.9. The number of rotatable bonds is 7. The van der Waals surface area contributed by atoms with Gasteiger partial charge in [-0.2, -0.15) is 5.26 Å². The number of aromatic amines is 1. The maximum atomic E-state index is 13.1. The van der Waals surface area contributed by atoms with Crippen LogP contribution < -0.4 is 5.32 Å². The molecule has 1 aliphatic heterocycles. The minimum absolute atomic E-state index is 0.139. The third kappa shape index (κ3) is 5.76. The Hall–Kier alpha value is -3.14. The van der Waals surface area contributed by atoms with Crippen LogP contribution >= 0.6 is 11.6 Å². The van der Waals surface area contributed by atoms with Crippen LogP contribution in [-0.4, -0.2) is 33.4 Å². The molecule has 0 saturated carbocycles. The van der Waals surface area contributed by atoms with Gasteiger partial charge in [-0.05, 0) is 54.7 Å². The Labute approximate surface area is 193 Å². The molecular weight excluding hydrogens is 422 g/mol. The molecule has 0 spiro atoms. The number of nitrogens with one attached hydrogen (secondary N) is 2. The maximum absolute atomic E-state index is 13.1. The monoisotopic (exact) mass is 447 g/mol. The van der Waals surface area contributed by atoms with Crippen molar-refractivity contribution >= 4 is 17.5 Å². The SMILES string of the molecule is N#Cc1ccc(Cc2ncc(CNC3CCCCN(Cc4cccc(Cl)c4)C3=O)[nH]2)cc1. The summed E-state index contributed by atoms with van der Waals surface area (Å²) in [5.41, 5.74) is 3.74. The third-order valence-corrected chi connectivity index (χ3v) is 5.95. The molecule has 1 saturated heterocycles. The Morgan fingerprint density at radius 1 is 1.19 bits per heavy atom. The number of hydrogen-bond donors (Lipinski definition) is 2. The number of amides is 1. The molecule has 1 aromatic heterocycles. The summed E-state index contributed by atoms with van der Waals surface area (Å²) in [6, 6.07) is 17.1. The summed E-state index contributed by atoms with van der Waals surface area (Å²) in [6.45, 7) is 1.90. The predicted octanol–water partition coefficient (Wildman–Crippen LogP) is 4.20. The zero-order valence-electron chi connectivity index (χ0n) is 17.9. The molecule has 4 rings (SSSR count). The number of benzene rings is 2. The van der Waals surface area contributed by atoms with Gasteiger partial charge in [-0.15, -0.1) is 0 Å². The van der Waals surface area contributed by atoms with Gasteiger partial charge in [-0.3, -0.25) is 4.79 Å². The molecule has 0 radical (unpaired) electrons. The number of carbonyl (C=O) groups is 1. The number of nitrogens with zero attached hydrogens (tertiary/aromatic N) is 3. The molecule has 1 atom stereocenters. The van der Waals surface area contributed by atoms with Gasteiger partial charge < -0.3 is 15.2 Å². The number of nitriles is 1. The molecule has 6 nitrogen and oxygen atoms in total. The molecule has 0 bridgehead atoms. The highest BCUT2D eigenvalue weighted by atomic mass is 35.5. The van der Waals surface area contributed by atoms with Gasteiger partial charge >= 0.3 is 0 Å². The van der Waals surface area contributed by atoms with Crippen LogP contribution in [0.25, 0.3) is 0 Å². The van der Waals surface area contributed by atoms with Gasteiger partial charge in [-0.1, -0.05) is 35.9 Å². The summed E-state index contributed by atoms with van der Waals surface area (Å²) in [5.74, 6) is 1.00. The fourth-order valence-corrected chi connectivity index (χ4v) is 4.23. The number of carbonyl (C=O) groups excluding carboxylic acids is 1. The fraction of sp³-hybridized carbons (Fsp3) is 0.320. The number of hydrogen-bond acceptors (Lipinski definition) is 4. The van der Waals surface area contributed by atoms with E-state index >= 15 is 0 Å². The van der Waals surface area contributed by atoms with E-state index in [1.54, 1.807) is 0 Å². The Balaban J connectivity index is 1.34. The molecule has 2 N–H and O–H groups in total. The average molecular weight is 448 g/mol. The summed E-state index contributed by atoms with van der Waals surface area (Å²) in [6.07, 6.45) is 5.33. The van der Waals surface area contributed by atoms with Gasteiger partial charge in [0.25, 0.3) is 0 Å². The van der Waals surface area contributed by atoms with Crippen LogP contribution in [-0.2, 0) is 24.3 Å². The van der Waals surface area contributed by atoms with Crippen LogP contribution in [0.1, 0.15) is 47.5 Å². The number of imidazole rings is 1. The summed E-state index contributed by atoms with van der Waals surface area (Å²) < 4.78 is 0. The molecule has 32 heavy (non-hydrogen) atoms. The van der Waals surface area contributed by atoms with Crippen molar-refractivity contribution in [1.29, 1.82) is 5.26 Å². The van der Waals surface area contributed by atoms with Gasteiger partial charge in [0, 0.05) is 43.0 Å². The molecule has 1 fully saturated rings. The lowest BCUT2D eigenvalue weighted by Gasteiger charge is -2.25. The predicted molar refractivity (Wildman–Crippen MR) is 124 cm³/mol. The van der Waals surface area contributed by atoms with E-state index in [1.807, 2.05) is 59.6 Å². The molecule has 0 aliphatic carbocycles. The lowest BCUT2D eigenvalue weighted by molar-refractivity contribution is -0.133. The largest absolute Gasteiger partial charge is 0.345 e. The molecule has 2 heterocycles. The van der Waals surface area contributed by atoms with Crippen molar-refractivity contribution < 1.29 is 4.79 Å². The lowest BCUT2D eigenvalue weighted by atomic mass is 10.1. The van der Waals surface area contributed by atoms with Crippen LogP contribution in [0, 0.1) is 11.3 Å². The first kappa shape index (κ1) is 22.1. The zero-order valence-corrected chi connectivity index (χ0v) is 18.6. The van der Waals surface area contributed by atoms with Gasteiger partial charge in [0.2, 0.25) is 5.91 Å². The van der Waals surface area contributed by atoms with Crippen LogP contribution in [0.2, 0.25) is 5.02 Å². The average Bonchev–Trinajstić information content (AvgIpc) is 3.17. The van der Waals surface area contributed by atoms with Crippen molar-refractivity contribution in [1.82, 2.24) is 20.2 Å². The fourth-order valence-electron chi connectivity index (χ4n) is 4.02. The van der Waals surface area contributed by atoms with Crippen molar-refractivity contribution in [2.75, 3.05) is 6.54 Å². The first-order valence-electron chi connectivity index (χ1n) is 10.9. The number of H-pyrrole nitrogens is 1. The van der Waals surface area contributed by atoms with E-state index in [4.69, 9.17) is 16.9 Å². The normalized spacial score (nSPS) is 16.6. The topological polar surface area (TPSA) is 84.8 Å². The first-order chi connectivity index (χ1) is 15.6. The van der Waals surface area contributed by atoms with Crippen LogP contribution in [0.5, 0.6) is 0 Å². The Kier molecular flexibility index (Phi) is 7.21. The first-order valence-corrected chi connectivity index (χ1v) is 11.3. The molecule has 2 aromatic carbocycles. The third-order valence-electron chi connectivity index (χ3n) is 5.72. The quantitative estimate of drug-likeness (QED) is 0.568. The van der Waals surface area contributed by atoms with E-state index in [0.717, 1.165) is 48.5 Å². The standard InChI is InChI=1S/C25H26ClN5O/c26-21-5-3-4-20(12-21)17-31-11-2-1-6-23(25(31)32)28-15-22-16-29-24(30-22)13-18-7-9-19(14-27)10-8-18/h3-5,7-10,12,16,23,28H,1-2,6,11,13,15,17H2,(H,29,30). The molecule has 1 amide bonds. The van der Waals surface area contributed by atoms with Gasteiger partial charge in [-0.25, -0.2) is 4.98 Å². The van der Waals surface area contributed by atoms with Crippen molar-refractivity contribution in [3.63, 3.8) is 0 Å². The second-order valence-corrected chi connectivity index (χ2v) is 8.60. The molecule has 164 valence electrons. The zero-order chi connectivity index (χ0) is 22.3. The summed E-state index contributed by atoms with van der Waals surface area (Å²) in [7, 11) is 0. The lowest BCUT2D eigenvalue weighted by Crippen LogP contribution is -2.44.